The van der Waals surface area contributed by atoms with Crippen molar-refractivity contribution in [3.63, 3.8) is 0 Å². The van der Waals surface area contributed by atoms with E-state index in [2.05, 4.69) is 9.89 Å². The maximum absolute atomic E-state index is 11.8. The lowest BCUT2D eigenvalue weighted by Crippen LogP contribution is -2.01. The highest BCUT2D eigenvalue weighted by Crippen LogP contribution is 2.22. The quantitative estimate of drug-likeness (QED) is 0.782. The largest absolute Gasteiger partial charge is 0.435 e. The Morgan fingerprint density at radius 1 is 1.13 bits per heavy atom. The molecule has 0 radical (unpaired) electrons. The van der Waals surface area contributed by atoms with Gasteiger partial charge in [-0.3, -0.25) is 0 Å². The second-order valence-corrected chi connectivity index (χ2v) is 2.78. The molecule has 15 heavy (non-hydrogen) atoms. The molecule has 78 valence electrons. The van der Waals surface area contributed by atoms with Gasteiger partial charge in [-0.15, -0.1) is 0 Å². The van der Waals surface area contributed by atoms with E-state index >= 15 is 0 Å². The van der Waals surface area contributed by atoms with Gasteiger partial charge >= 0.3 is 6.61 Å². The Kier molecular flexibility index (Phi) is 2.62. The van der Waals surface area contributed by atoms with Gasteiger partial charge in [0, 0.05) is 11.6 Å². The van der Waals surface area contributed by atoms with E-state index in [0.29, 0.717) is 5.76 Å². The smallest absolute Gasteiger partial charge is 0.387 e. The molecule has 0 aliphatic rings. The van der Waals surface area contributed by atoms with Crippen molar-refractivity contribution in [2.24, 2.45) is 0 Å². The van der Waals surface area contributed by atoms with Gasteiger partial charge in [0.05, 0.1) is 6.20 Å². The molecule has 0 N–H and O–H groups in total. The molecule has 0 saturated heterocycles. The summed E-state index contributed by atoms with van der Waals surface area (Å²) in [5, 5.41) is 3.54. The molecule has 0 aliphatic carbocycles. The molecular weight excluding hydrogens is 204 g/mol. The fraction of sp³-hybridized carbons (Fsp3) is 0.100. The molecule has 0 bridgehead atoms. The van der Waals surface area contributed by atoms with Crippen molar-refractivity contribution in [2.45, 2.75) is 6.61 Å². The lowest BCUT2D eigenvalue weighted by molar-refractivity contribution is -0.0498. The zero-order valence-electron chi connectivity index (χ0n) is 7.56. The molecule has 0 saturated carbocycles. The molecule has 0 spiro atoms. The van der Waals surface area contributed by atoms with Gasteiger partial charge in [0.15, 0.2) is 5.76 Å². The van der Waals surface area contributed by atoms with Gasteiger partial charge in [-0.05, 0) is 24.3 Å². The third-order valence-corrected chi connectivity index (χ3v) is 1.80. The third kappa shape index (κ3) is 2.31. The van der Waals surface area contributed by atoms with E-state index in [4.69, 9.17) is 4.52 Å². The molecule has 3 nitrogen and oxygen atoms in total. The predicted molar refractivity (Wildman–Crippen MR) is 48.6 cm³/mol. The number of aromatic nitrogens is 1. The summed E-state index contributed by atoms with van der Waals surface area (Å²) in [7, 11) is 0. The van der Waals surface area contributed by atoms with Gasteiger partial charge in [-0.2, -0.15) is 8.78 Å². The lowest BCUT2D eigenvalue weighted by Gasteiger charge is -2.03. The highest BCUT2D eigenvalue weighted by atomic mass is 19.3. The van der Waals surface area contributed by atoms with Crippen LogP contribution in [0.15, 0.2) is 41.1 Å². The van der Waals surface area contributed by atoms with Crippen molar-refractivity contribution >= 4 is 0 Å². The number of halogens is 2. The number of hydrogen-bond acceptors (Lipinski definition) is 3. The van der Waals surface area contributed by atoms with Crippen LogP contribution in [0.25, 0.3) is 11.3 Å². The Balaban J connectivity index is 2.17. The van der Waals surface area contributed by atoms with Crippen LogP contribution >= 0.6 is 0 Å². The van der Waals surface area contributed by atoms with Gasteiger partial charge in [-0.25, -0.2) is 0 Å². The topological polar surface area (TPSA) is 35.3 Å². The summed E-state index contributed by atoms with van der Waals surface area (Å²) in [5.41, 5.74) is 0.758. The van der Waals surface area contributed by atoms with Gasteiger partial charge in [0.1, 0.15) is 5.75 Å². The molecular formula is C10H7F2NO2. The van der Waals surface area contributed by atoms with Crippen molar-refractivity contribution in [1.82, 2.24) is 5.16 Å². The second kappa shape index (κ2) is 4.08. The van der Waals surface area contributed by atoms with Crippen molar-refractivity contribution in [1.29, 1.82) is 0 Å². The Morgan fingerprint density at radius 3 is 2.40 bits per heavy atom. The Morgan fingerprint density at radius 2 is 1.87 bits per heavy atom. The van der Waals surface area contributed by atoms with Crippen LogP contribution in [0, 0.1) is 0 Å². The fourth-order valence-corrected chi connectivity index (χ4v) is 1.17. The first-order valence-electron chi connectivity index (χ1n) is 4.21. The Bertz CT molecular complexity index is 411. The van der Waals surface area contributed by atoms with E-state index in [0.717, 1.165) is 5.56 Å². The second-order valence-electron chi connectivity index (χ2n) is 2.78. The normalized spacial score (nSPS) is 10.6. The van der Waals surface area contributed by atoms with E-state index in [9.17, 15) is 8.78 Å². The van der Waals surface area contributed by atoms with Crippen LogP contribution in [0.1, 0.15) is 0 Å². The van der Waals surface area contributed by atoms with Gasteiger partial charge in [-0.1, -0.05) is 5.16 Å². The Hall–Kier alpha value is -1.91. The average Bonchev–Trinajstić information content (AvgIpc) is 2.71. The van der Waals surface area contributed by atoms with E-state index in [1.54, 1.807) is 18.2 Å². The molecule has 0 atom stereocenters. The molecule has 0 amide bonds. The van der Waals surface area contributed by atoms with E-state index in [-0.39, 0.29) is 5.75 Å². The summed E-state index contributed by atoms with van der Waals surface area (Å²) in [6, 6.07) is 7.83. The fourth-order valence-electron chi connectivity index (χ4n) is 1.17. The van der Waals surface area contributed by atoms with Crippen molar-refractivity contribution in [3.8, 4) is 17.1 Å². The summed E-state index contributed by atoms with van der Waals surface area (Å²) in [6.07, 6.45) is 1.51. The zero-order chi connectivity index (χ0) is 10.7. The van der Waals surface area contributed by atoms with Crippen LogP contribution < -0.4 is 4.74 Å². The van der Waals surface area contributed by atoms with E-state index in [1.807, 2.05) is 0 Å². The van der Waals surface area contributed by atoms with Crippen molar-refractivity contribution in [2.75, 3.05) is 0 Å². The number of nitrogens with zero attached hydrogens (tertiary/aromatic N) is 1. The summed E-state index contributed by atoms with van der Waals surface area (Å²) in [5.74, 6) is 0.701. The van der Waals surface area contributed by atoms with Gasteiger partial charge in [0.25, 0.3) is 0 Å². The Labute approximate surface area is 84.3 Å². The van der Waals surface area contributed by atoms with Crippen molar-refractivity contribution in [3.05, 3.63) is 36.5 Å². The first-order valence-corrected chi connectivity index (χ1v) is 4.21. The maximum Gasteiger partial charge on any atom is 0.387 e. The minimum atomic E-state index is -2.80. The molecule has 1 heterocycles. The highest BCUT2D eigenvalue weighted by Gasteiger charge is 2.05. The monoisotopic (exact) mass is 211 g/mol. The maximum atomic E-state index is 11.8. The molecule has 2 rings (SSSR count). The predicted octanol–water partition coefficient (Wildman–Crippen LogP) is 2.94. The summed E-state index contributed by atoms with van der Waals surface area (Å²) in [6.45, 7) is -2.80. The molecule has 5 heteroatoms. The number of hydrogen-bond donors (Lipinski definition) is 0. The van der Waals surface area contributed by atoms with Crippen molar-refractivity contribution < 1.29 is 18.0 Å². The van der Waals surface area contributed by atoms with Crippen LogP contribution in [-0.2, 0) is 0 Å². The van der Waals surface area contributed by atoms with Gasteiger partial charge in [0.2, 0.25) is 0 Å². The summed E-state index contributed by atoms with van der Waals surface area (Å²) in [4.78, 5) is 0. The van der Waals surface area contributed by atoms with E-state index < -0.39 is 6.61 Å². The number of alkyl halides is 2. The number of benzene rings is 1. The SMILES string of the molecule is FC(F)Oc1ccc(-c2ccno2)cc1. The standard InChI is InChI=1S/C10H7F2NO2/c11-10(12)14-8-3-1-7(2-4-8)9-5-6-13-15-9/h1-6,10H. The van der Waals surface area contributed by atoms with Crippen LogP contribution in [0.3, 0.4) is 0 Å². The molecule has 0 unspecified atom stereocenters. The van der Waals surface area contributed by atoms with Crippen LogP contribution in [0.5, 0.6) is 5.75 Å². The minimum Gasteiger partial charge on any atom is -0.435 e. The lowest BCUT2D eigenvalue weighted by atomic mass is 10.2. The first-order chi connectivity index (χ1) is 7.25. The van der Waals surface area contributed by atoms with Crippen LogP contribution in [-0.4, -0.2) is 11.8 Å². The summed E-state index contributed by atoms with van der Waals surface area (Å²) >= 11 is 0. The molecule has 1 aromatic heterocycles. The molecule has 0 fully saturated rings. The highest BCUT2D eigenvalue weighted by molar-refractivity contribution is 5.57. The van der Waals surface area contributed by atoms with Crippen LogP contribution in [0.4, 0.5) is 8.78 Å². The molecule has 2 aromatic rings. The third-order valence-electron chi connectivity index (χ3n) is 1.80. The first kappa shape index (κ1) is 9.64. The number of rotatable bonds is 3. The van der Waals surface area contributed by atoms with E-state index in [1.165, 1.54) is 18.3 Å². The van der Waals surface area contributed by atoms with Crippen LogP contribution in [0.2, 0.25) is 0 Å². The van der Waals surface area contributed by atoms with Gasteiger partial charge < -0.3 is 9.26 Å². The molecule has 0 aliphatic heterocycles. The summed E-state index contributed by atoms with van der Waals surface area (Å²) < 4.78 is 32.8. The minimum absolute atomic E-state index is 0.119. The average molecular weight is 211 g/mol. The number of ether oxygens (including phenoxy) is 1. The molecule has 1 aromatic carbocycles. The zero-order valence-corrected chi connectivity index (χ0v) is 7.56.